The minimum absolute atomic E-state index is 0.0126. The molecule has 0 aromatic carbocycles. The number of nitrogens with two attached hydrogens (primary N) is 1. The summed E-state index contributed by atoms with van der Waals surface area (Å²) in [6.07, 6.45) is 0.708. The zero-order valence-corrected chi connectivity index (χ0v) is 20.9. The van der Waals surface area contributed by atoms with Gasteiger partial charge in [0.15, 0.2) is 5.78 Å². The van der Waals surface area contributed by atoms with Gasteiger partial charge in [0.25, 0.3) is 5.95 Å². The van der Waals surface area contributed by atoms with Gasteiger partial charge < -0.3 is 26.0 Å². The number of nitrogens with zero attached hydrogens (tertiary/aromatic N) is 6. The molecule has 2 amide bonds. The number of likely N-dealkylation sites (N-methyl/N-ethyl adjacent to an activating group) is 1. The molecule has 0 unspecified atom stereocenters. The van der Waals surface area contributed by atoms with Gasteiger partial charge in [-0.2, -0.15) is 4.80 Å². The van der Waals surface area contributed by atoms with Gasteiger partial charge in [-0.3, -0.25) is 14.4 Å². The number of hydrogen-bond donors (Lipinski definition) is 3. The van der Waals surface area contributed by atoms with E-state index in [0.717, 1.165) is 4.80 Å². The Morgan fingerprint density at radius 2 is 2.06 bits per heavy atom. The monoisotopic (exact) mass is 506 g/mol. The first-order valence-electron chi connectivity index (χ1n) is 11.5. The van der Waals surface area contributed by atoms with Gasteiger partial charge in [0.2, 0.25) is 11.8 Å². The minimum atomic E-state index is -1.14. The van der Waals surface area contributed by atoms with Crippen molar-refractivity contribution in [2.24, 2.45) is 17.8 Å². The number of carbonyl (C=O) groups excluding carboxylic acids is 3. The molecule has 3 aliphatic rings. The van der Waals surface area contributed by atoms with Crippen molar-refractivity contribution in [3.05, 3.63) is 10.6 Å². The number of β-lactam (4-membered cyclic amide) rings is 1. The SMILES string of the molecule is C[C@@H](CC(=O)Cn1nnc(N)n1)[C@H]1C(=O)N2C(C(=O)O)=C(S[C@@H]3CN[C@H](C(=O)N(C)C)C3)[C@H](C)[C@H]12. The van der Waals surface area contributed by atoms with Crippen LogP contribution in [0.3, 0.4) is 0 Å². The summed E-state index contributed by atoms with van der Waals surface area (Å²) in [6.45, 7) is 4.24. The fraction of sp³-hybridized carbons (Fsp3) is 0.667. The van der Waals surface area contributed by atoms with E-state index in [-0.39, 0.29) is 71.4 Å². The number of tetrazole rings is 1. The number of carbonyl (C=O) groups is 4. The van der Waals surface area contributed by atoms with E-state index in [0.29, 0.717) is 17.9 Å². The molecule has 3 aliphatic heterocycles. The van der Waals surface area contributed by atoms with Crippen LogP contribution in [-0.4, -0.2) is 96.7 Å². The summed E-state index contributed by atoms with van der Waals surface area (Å²) in [4.78, 5) is 54.7. The molecule has 2 fully saturated rings. The van der Waals surface area contributed by atoms with Crippen molar-refractivity contribution < 1.29 is 24.3 Å². The number of ketones is 1. The zero-order valence-electron chi connectivity index (χ0n) is 20.0. The Morgan fingerprint density at radius 1 is 1.34 bits per heavy atom. The summed E-state index contributed by atoms with van der Waals surface area (Å²) < 4.78 is 0. The molecule has 0 aliphatic carbocycles. The number of Topliss-reactive ketones (excluding diaryl/α,β-unsaturated/α-hetero) is 1. The molecule has 4 heterocycles. The second-order valence-corrected chi connectivity index (χ2v) is 10.9. The molecule has 0 bridgehead atoms. The number of nitrogen functional groups attached to an aromatic ring is 1. The van der Waals surface area contributed by atoms with Gasteiger partial charge in [0.05, 0.1) is 18.0 Å². The number of amides is 2. The number of nitrogens with one attached hydrogen (secondary N) is 1. The van der Waals surface area contributed by atoms with Crippen LogP contribution < -0.4 is 11.1 Å². The minimum Gasteiger partial charge on any atom is -0.477 e. The van der Waals surface area contributed by atoms with Gasteiger partial charge >= 0.3 is 5.97 Å². The van der Waals surface area contributed by atoms with E-state index in [1.807, 2.05) is 13.8 Å². The highest BCUT2D eigenvalue weighted by Gasteiger charge is 2.60. The first-order valence-corrected chi connectivity index (χ1v) is 12.3. The van der Waals surface area contributed by atoms with Crippen molar-refractivity contribution in [2.75, 3.05) is 26.4 Å². The summed E-state index contributed by atoms with van der Waals surface area (Å²) in [6, 6.07) is -0.618. The molecule has 0 radical (unpaired) electrons. The predicted octanol–water partition coefficient (Wildman–Crippen LogP) is -0.825. The number of rotatable bonds is 9. The molecule has 13 nitrogen and oxygen atoms in total. The van der Waals surface area contributed by atoms with Crippen molar-refractivity contribution in [3.63, 3.8) is 0 Å². The molecular weight excluding hydrogens is 476 g/mol. The van der Waals surface area contributed by atoms with E-state index in [1.165, 1.54) is 21.6 Å². The van der Waals surface area contributed by atoms with Crippen molar-refractivity contribution in [3.8, 4) is 0 Å². The number of aromatic nitrogens is 4. The van der Waals surface area contributed by atoms with Crippen LogP contribution in [0.2, 0.25) is 0 Å². The molecule has 0 saturated carbocycles. The fourth-order valence-corrected chi connectivity index (χ4v) is 6.75. The van der Waals surface area contributed by atoms with Crippen LogP contribution in [0, 0.1) is 17.8 Å². The number of anilines is 1. The van der Waals surface area contributed by atoms with Crippen molar-refractivity contribution in [1.82, 2.24) is 35.3 Å². The van der Waals surface area contributed by atoms with Crippen LogP contribution in [0.25, 0.3) is 0 Å². The van der Waals surface area contributed by atoms with E-state index in [1.54, 1.807) is 14.1 Å². The molecule has 4 rings (SSSR count). The van der Waals surface area contributed by atoms with Gasteiger partial charge in [-0.15, -0.1) is 16.9 Å². The Morgan fingerprint density at radius 3 is 2.66 bits per heavy atom. The fourth-order valence-electron chi connectivity index (χ4n) is 5.27. The lowest BCUT2D eigenvalue weighted by Gasteiger charge is -2.47. The average molecular weight is 507 g/mol. The molecule has 2 saturated heterocycles. The highest BCUT2D eigenvalue weighted by molar-refractivity contribution is 8.03. The van der Waals surface area contributed by atoms with Gasteiger partial charge in [-0.25, -0.2) is 4.79 Å². The van der Waals surface area contributed by atoms with Gasteiger partial charge in [0, 0.05) is 43.1 Å². The highest BCUT2D eigenvalue weighted by atomic mass is 32.2. The summed E-state index contributed by atoms with van der Waals surface area (Å²) in [5, 5.41) is 24.2. The third kappa shape index (κ3) is 4.63. The number of fused-ring (bicyclic) bond motifs is 1. The smallest absolute Gasteiger partial charge is 0.353 e. The Labute approximate surface area is 206 Å². The number of aliphatic carboxylic acids is 1. The lowest BCUT2D eigenvalue weighted by Crippen LogP contribution is -2.62. The second-order valence-electron chi connectivity index (χ2n) is 9.60. The lowest BCUT2D eigenvalue weighted by atomic mass is 9.73. The first kappa shape index (κ1) is 25.1. The Balaban J connectivity index is 1.43. The molecule has 14 heteroatoms. The van der Waals surface area contributed by atoms with E-state index < -0.39 is 11.9 Å². The second kappa shape index (κ2) is 9.57. The molecule has 1 aromatic rings. The summed E-state index contributed by atoms with van der Waals surface area (Å²) >= 11 is 1.44. The Bertz CT molecular complexity index is 1090. The summed E-state index contributed by atoms with van der Waals surface area (Å²) in [5.74, 6) is -2.55. The maximum absolute atomic E-state index is 13.1. The lowest BCUT2D eigenvalue weighted by molar-refractivity contribution is -0.160. The van der Waals surface area contributed by atoms with E-state index >= 15 is 0 Å². The molecule has 4 N–H and O–H groups in total. The van der Waals surface area contributed by atoms with Crippen LogP contribution in [-0.2, 0) is 25.7 Å². The van der Waals surface area contributed by atoms with Crippen LogP contribution >= 0.6 is 11.8 Å². The Hall–Kier alpha value is -3.00. The molecular formula is C21H30N8O5S. The van der Waals surface area contributed by atoms with Crippen LogP contribution in [0.15, 0.2) is 10.6 Å². The normalized spacial score (nSPS) is 28.6. The van der Waals surface area contributed by atoms with E-state index in [9.17, 15) is 24.3 Å². The summed E-state index contributed by atoms with van der Waals surface area (Å²) in [5.41, 5.74) is 5.45. The first-order chi connectivity index (χ1) is 16.5. The van der Waals surface area contributed by atoms with Crippen LogP contribution in [0.5, 0.6) is 0 Å². The molecule has 35 heavy (non-hydrogen) atoms. The van der Waals surface area contributed by atoms with E-state index in [4.69, 9.17) is 5.73 Å². The number of carboxylic acids is 1. The standard InChI is InChI=1S/C21H30N8O5S/c1-9(5-11(30)8-28-25-21(22)24-26-28)14-15-10(2)17(16(20(33)34)29(15)19(14)32)35-12-6-13(23-7-12)18(31)27(3)4/h9-10,12-15,23H,5-8H2,1-4H3,(H2,22,25)(H,33,34)/t9-,10+,12-,13-,14+,15+/m0/s1. The highest BCUT2D eigenvalue weighted by Crippen LogP contribution is 2.53. The maximum Gasteiger partial charge on any atom is 0.353 e. The van der Waals surface area contributed by atoms with E-state index in [2.05, 4.69) is 20.7 Å². The number of thioether (sulfide) groups is 1. The largest absolute Gasteiger partial charge is 0.477 e. The molecule has 0 spiro atoms. The average Bonchev–Trinajstić information content (AvgIpc) is 3.46. The molecule has 190 valence electrons. The summed E-state index contributed by atoms with van der Waals surface area (Å²) in [7, 11) is 3.41. The van der Waals surface area contributed by atoms with Gasteiger partial charge in [-0.1, -0.05) is 18.9 Å². The van der Waals surface area contributed by atoms with Crippen LogP contribution in [0.1, 0.15) is 26.7 Å². The topological polar surface area (TPSA) is 177 Å². The number of hydrogen-bond acceptors (Lipinski definition) is 10. The molecule has 1 aromatic heterocycles. The number of carboxylic acid groups (broad SMARTS) is 1. The van der Waals surface area contributed by atoms with Gasteiger partial charge in [0.1, 0.15) is 12.2 Å². The Kier molecular flexibility index (Phi) is 6.86. The van der Waals surface area contributed by atoms with Crippen LogP contribution in [0.4, 0.5) is 5.95 Å². The van der Waals surface area contributed by atoms with Crippen molar-refractivity contribution in [1.29, 1.82) is 0 Å². The van der Waals surface area contributed by atoms with Crippen molar-refractivity contribution >= 4 is 41.3 Å². The predicted molar refractivity (Wildman–Crippen MR) is 125 cm³/mol. The maximum atomic E-state index is 13.1. The zero-order chi connectivity index (χ0) is 25.6. The molecule has 6 atom stereocenters. The quantitative estimate of drug-likeness (QED) is 0.356. The third-order valence-corrected chi connectivity index (χ3v) is 8.37. The third-order valence-electron chi connectivity index (χ3n) is 6.86. The van der Waals surface area contributed by atoms with Gasteiger partial charge in [-0.05, 0) is 17.6 Å². The van der Waals surface area contributed by atoms with Crippen molar-refractivity contribution in [2.45, 2.75) is 50.6 Å².